The van der Waals surface area contributed by atoms with Crippen LogP contribution in [-0.4, -0.2) is 5.97 Å². The predicted octanol–water partition coefficient (Wildman–Crippen LogP) is 5.47. The lowest BCUT2D eigenvalue weighted by molar-refractivity contribution is -0.155. The Hall–Kier alpha value is -2.35. The largest absolute Gasteiger partial charge is 0.460 e. The van der Waals surface area contributed by atoms with Gasteiger partial charge in [-0.25, -0.2) is 0 Å². The summed E-state index contributed by atoms with van der Waals surface area (Å²) in [4.78, 5) is 12.2. The first-order valence-corrected chi connectivity index (χ1v) is 8.09. The van der Waals surface area contributed by atoms with E-state index >= 15 is 0 Å². The highest BCUT2D eigenvalue weighted by Gasteiger charge is 2.27. The number of fused-ring (bicyclic) bond motifs is 2. The lowest BCUT2D eigenvalue weighted by Crippen LogP contribution is -2.25. The Morgan fingerprint density at radius 1 is 0.957 bits per heavy atom. The maximum atomic E-state index is 12.2. The van der Waals surface area contributed by atoms with Gasteiger partial charge in [-0.2, -0.15) is 0 Å². The van der Waals surface area contributed by atoms with Crippen LogP contribution in [0.15, 0.2) is 54.6 Å². The molecule has 3 rings (SSSR count). The van der Waals surface area contributed by atoms with E-state index in [1.54, 1.807) is 0 Å². The Bertz CT molecular complexity index is 862. The average Bonchev–Trinajstić information content (AvgIpc) is 2.57. The Morgan fingerprint density at radius 3 is 2.30 bits per heavy atom. The molecule has 0 radical (unpaired) electrons. The first-order valence-electron chi connectivity index (χ1n) is 8.09. The van der Waals surface area contributed by atoms with Gasteiger partial charge in [0, 0.05) is 0 Å². The molecular formula is C21H22O2. The van der Waals surface area contributed by atoms with Crippen molar-refractivity contribution in [3.05, 3.63) is 60.2 Å². The number of rotatable bonds is 4. The second kappa shape index (κ2) is 6.04. The predicted molar refractivity (Wildman–Crippen MR) is 95.3 cm³/mol. The molecule has 0 N–H and O–H groups in total. The molecule has 0 heterocycles. The maximum Gasteiger partial charge on any atom is 0.311 e. The molecule has 0 amide bonds. The molecule has 0 atom stereocenters. The summed E-state index contributed by atoms with van der Waals surface area (Å²) in [5.74, 6) is -0.141. The first kappa shape index (κ1) is 15.5. The van der Waals surface area contributed by atoms with Crippen LogP contribution in [0.4, 0.5) is 0 Å². The smallest absolute Gasteiger partial charge is 0.311 e. The van der Waals surface area contributed by atoms with Crippen LogP contribution < -0.4 is 0 Å². The van der Waals surface area contributed by atoms with E-state index in [0.29, 0.717) is 6.61 Å². The van der Waals surface area contributed by atoms with Crippen LogP contribution in [0.2, 0.25) is 0 Å². The van der Waals surface area contributed by atoms with Crippen LogP contribution in [0.3, 0.4) is 0 Å². The molecule has 0 aromatic heterocycles. The summed E-state index contributed by atoms with van der Waals surface area (Å²) in [5, 5.41) is 4.74. The lowest BCUT2D eigenvalue weighted by atomic mass is 9.91. The number of ether oxygens (including phenoxy) is 1. The SMILES string of the molecule is CCC(C)(C)C(=O)OCc1cccc2cc3ccccc3cc12. The number of benzene rings is 3. The van der Waals surface area contributed by atoms with Crippen LogP contribution in [0.5, 0.6) is 0 Å². The van der Waals surface area contributed by atoms with E-state index in [9.17, 15) is 4.79 Å². The first-order chi connectivity index (χ1) is 11.0. The van der Waals surface area contributed by atoms with Gasteiger partial charge in [0.2, 0.25) is 0 Å². The molecule has 2 nitrogen and oxygen atoms in total. The van der Waals surface area contributed by atoms with Crippen LogP contribution in [-0.2, 0) is 16.1 Å². The van der Waals surface area contributed by atoms with Crippen molar-refractivity contribution in [2.24, 2.45) is 5.41 Å². The van der Waals surface area contributed by atoms with Gasteiger partial charge < -0.3 is 4.74 Å². The molecule has 118 valence electrons. The standard InChI is InChI=1S/C21H22O2/c1-4-21(2,3)20(22)23-14-18-11-7-10-17-12-15-8-5-6-9-16(15)13-19(17)18/h5-13H,4,14H2,1-3H3. The molecule has 0 aliphatic rings. The minimum absolute atomic E-state index is 0.141. The molecule has 0 saturated carbocycles. The molecular weight excluding hydrogens is 284 g/mol. The van der Waals surface area contributed by atoms with Gasteiger partial charge in [0.25, 0.3) is 0 Å². The minimum Gasteiger partial charge on any atom is -0.460 e. The van der Waals surface area contributed by atoms with Crippen molar-refractivity contribution >= 4 is 27.5 Å². The molecule has 0 fully saturated rings. The van der Waals surface area contributed by atoms with E-state index in [0.717, 1.165) is 17.4 Å². The number of carbonyl (C=O) groups is 1. The van der Waals surface area contributed by atoms with Crippen LogP contribution in [0.1, 0.15) is 32.8 Å². The second-order valence-electron chi connectivity index (χ2n) is 6.65. The van der Waals surface area contributed by atoms with Gasteiger partial charge >= 0.3 is 5.97 Å². The van der Waals surface area contributed by atoms with E-state index in [1.165, 1.54) is 16.2 Å². The normalized spacial score (nSPS) is 11.8. The number of hydrogen-bond donors (Lipinski definition) is 0. The number of carbonyl (C=O) groups excluding carboxylic acids is 1. The fourth-order valence-corrected chi connectivity index (χ4v) is 2.64. The topological polar surface area (TPSA) is 26.3 Å². The fraction of sp³-hybridized carbons (Fsp3) is 0.286. The van der Waals surface area contributed by atoms with Crippen molar-refractivity contribution < 1.29 is 9.53 Å². The third-order valence-corrected chi connectivity index (χ3v) is 4.63. The molecule has 2 heteroatoms. The van der Waals surface area contributed by atoms with E-state index in [1.807, 2.05) is 45.0 Å². The Kier molecular flexibility index (Phi) is 4.08. The van der Waals surface area contributed by atoms with Gasteiger partial charge in [-0.3, -0.25) is 4.79 Å². The van der Waals surface area contributed by atoms with Crippen molar-refractivity contribution in [1.29, 1.82) is 0 Å². The number of esters is 1. The lowest BCUT2D eigenvalue weighted by Gasteiger charge is -2.20. The summed E-state index contributed by atoms with van der Waals surface area (Å²) in [6.07, 6.45) is 0.770. The molecule has 23 heavy (non-hydrogen) atoms. The number of hydrogen-bond acceptors (Lipinski definition) is 2. The summed E-state index contributed by atoms with van der Waals surface area (Å²) in [5.41, 5.74) is 0.616. The zero-order valence-electron chi connectivity index (χ0n) is 13.9. The fourth-order valence-electron chi connectivity index (χ4n) is 2.64. The van der Waals surface area contributed by atoms with E-state index in [2.05, 4.69) is 30.3 Å². The quantitative estimate of drug-likeness (QED) is 0.472. The van der Waals surface area contributed by atoms with Crippen molar-refractivity contribution in [3.63, 3.8) is 0 Å². The van der Waals surface area contributed by atoms with Crippen LogP contribution in [0.25, 0.3) is 21.5 Å². The van der Waals surface area contributed by atoms with E-state index in [-0.39, 0.29) is 5.97 Å². The molecule has 3 aromatic carbocycles. The van der Waals surface area contributed by atoms with Crippen LogP contribution >= 0.6 is 0 Å². The molecule has 0 unspecified atom stereocenters. The summed E-state index contributed by atoms with van der Waals surface area (Å²) < 4.78 is 5.56. The molecule has 0 bridgehead atoms. The van der Waals surface area contributed by atoms with E-state index < -0.39 is 5.41 Å². The maximum absolute atomic E-state index is 12.2. The third kappa shape index (κ3) is 3.07. The molecule has 0 aliphatic heterocycles. The van der Waals surface area contributed by atoms with Gasteiger partial charge in [0.1, 0.15) is 6.61 Å². The minimum atomic E-state index is -0.433. The molecule has 0 spiro atoms. The summed E-state index contributed by atoms with van der Waals surface area (Å²) in [7, 11) is 0. The zero-order valence-corrected chi connectivity index (χ0v) is 13.9. The van der Waals surface area contributed by atoms with Crippen molar-refractivity contribution in [1.82, 2.24) is 0 Å². The highest BCUT2D eigenvalue weighted by molar-refractivity contribution is 5.99. The summed E-state index contributed by atoms with van der Waals surface area (Å²) in [6, 6.07) is 18.8. The Balaban J connectivity index is 1.95. The highest BCUT2D eigenvalue weighted by Crippen LogP contribution is 2.27. The van der Waals surface area contributed by atoms with Gasteiger partial charge in [0.05, 0.1) is 5.41 Å². The van der Waals surface area contributed by atoms with Gasteiger partial charge in [-0.15, -0.1) is 0 Å². The van der Waals surface area contributed by atoms with Crippen LogP contribution in [0, 0.1) is 5.41 Å². The van der Waals surface area contributed by atoms with Crippen molar-refractivity contribution in [3.8, 4) is 0 Å². The van der Waals surface area contributed by atoms with Gasteiger partial charge in [-0.1, -0.05) is 49.4 Å². The average molecular weight is 306 g/mol. The van der Waals surface area contributed by atoms with Gasteiger partial charge in [-0.05, 0) is 59.5 Å². The second-order valence-corrected chi connectivity index (χ2v) is 6.65. The zero-order chi connectivity index (χ0) is 16.4. The van der Waals surface area contributed by atoms with Gasteiger partial charge in [0.15, 0.2) is 0 Å². The molecule has 3 aromatic rings. The molecule has 0 aliphatic carbocycles. The Labute approximate surface area is 137 Å². The summed E-state index contributed by atoms with van der Waals surface area (Å²) >= 11 is 0. The summed E-state index contributed by atoms with van der Waals surface area (Å²) in [6.45, 7) is 6.17. The highest BCUT2D eigenvalue weighted by atomic mass is 16.5. The molecule has 0 saturated heterocycles. The Morgan fingerprint density at radius 2 is 1.61 bits per heavy atom. The third-order valence-electron chi connectivity index (χ3n) is 4.63. The van der Waals surface area contributed by atoms with Crippen molar-refractivity contribution in [2.45, 2.75) is 33.8 Å². The van der Waals surface area contributed by atoms with Crippen molar-refractivity contribution in [2.75, 3.05) is 0 Å². The monoisotopic (exact) mass is 306 g/mol. The van der Waals surface area contributed by atoms with E-state index in [4.69, 9.17) is 4.74 Å².